The highest BCUT2D eigenvalue weighted by atomic mass is 19.2. The van der Waals surface area contributed by atoms with Crippen LogP contribution in [0.3, 0.4) is 0 Å². The first-order valence-electron chi connectivity index (χ1n) is 11.2. The van der Waals surface area contributed by atoms with Gasteiger partial charge in [-0.1, -0.05) is 44.2 Å². The lowest BCUT2D eigenvalue weighted by Gasteiger charge is -2.26. The third-order valence-electron chi connectivity index (χ3n) is 6.19. The van der Waals surface area contributed by atoms with E-state index in [4.69, 9.17) is 4.74 Å². The number of benzene rings is 3. The van der Waals surface area contributed by atoms with Gasteiger partial charge in [-0.3, -0.25) is 14.5 Å². The van der Waals surface area contributed by atoms with Gasteiger partial charge in [0.15, 0.2) is 11.6 Å². The Morgan fingerprint density at radius 3 is 2.29 bits per heavy atom. The zero-order valence-corrected chi connectivity index (χ0v) is 19.8. The second-order valence-electron chi connectivity index (χ2n) is 8.74. The number of hydrogen-bond acceptors (Lipinski definition) is 4. The molecule has 1 fully saturated rings. The molecule has 1 heterocycles. The number of Topliss-reactive ketones (excluding diaryl/α,β-unsaturated/α-hetero) is 1. The lowest BCUT2D eigenvalue weighted by Crippen LogP contribution is -2.29. The average Bonchev–Trinajstić information content (AvgIpc) is 3.11. The van der Waals surface area contributed by atoms with Crippen LogP contribution >= 0.6 is 0 Å². The molecule has 1 unspecified atom stereocenters. The molecule has 0 spiro atoms. The second-order valence-corrected chi connectivity index (χ2v) is 8.74. The zero-order valence-electron chi connectivity index (χ0n) is 19.8. The van der Waals surface area contributed by atoms with Gasteiger partial charge in [0, 0.05) is 17.3 Å². The van der Waals surface area contributed by atoms with Crippen molar-refractivity contribution >= 4 is 23.1 Å². The van der Waals surface area contributed by atoms with Crippen molar-refractivity contribution in [3.63, 3.8) is 0 Å². The first kappa shape index (κ1) is 24.1. The number of ketones is 1. The quantitative estimate of drug-likeness (QED) is 0.277. The summed E-state index contributed by atoms with van der Waals surface area (Å²) in [5.74, 6) is -3.71. The summed E-state index contributed by atoms with van der Waals surface area (Å²) < 4.78 is 33.2. The summed E-state index contributed by atoms with van der Waals surface area (Å²) in [5, 5.41) is 11.5. The minimum atomic E-state index is -1.15. The molecule has 180 valence electrons. The van der Waals surface area contributed by atoms with Crippen LogP contribution < -0.4 is 9.64 Å². The van der Waals surface area contributed by atoms with Crippen molar-refractivity contribution in [3.05, 3.63) is 100 Å². The molecule has 4 rings (SSSR count). The lowest BCUT2D eigenvalue weighted by atomic mass is 9.91. The highest BCUT2D eigenvalue weighted by molar-refractivity contribution is 6.51. The van der Waals surface area contributed by atoms with E-state index in [-0.39, 0.29) is 22.9 Å². The number of carbonyl (C=O) groups is 2. The minimum absolute atomic E-state index is 0.00762. The molecule has 1 aliphatic rings. The van der Waals surface area contributed by atoms with Crippen LogP contribution in [0.2, 0.25) is 0 Å². The van der Waals surface area contributed by atoms with E-state index in [0.717, 1.165) is 22.6 Å². The molecule has 1 aliphatic heterocycles. The topological polar surface area (TPSA) is 66.8 Å². The van der Waals surface area contributed by atoms with Crippen LogP contribution in [0.15, 0.2) is 66.2 Å². The van der Waals surface area contributed by atoms with Gasteiger partial charge in [-0.2, -0.15) is 0 Å². The van der Waals surface area contributed by atoms with E-state index in [2.05, 4.69) is 0 Å². The van der Waals surface area contributed by atoms with Gasteiger partial charge in [-0.05, 0) is 53.8 Å². The number of amides is 1. The molecule has 0 aliphatic carbocycles. The standard InChI is InChI=1S/C28H25F2NO4/c1-15(2)19-14-20(16(3)12-23(19)35-4)26(32)24-25(17-8-6-5-7-9-17)31(28(34)27(24)33)18-10-11-21(29)22(30)13-18/h5-15,25,32H,1-4H3/b26-24+. The number of ether oxygens (including phenoxy) is 1. The maximum Gasteiger partial charge on any atom is 0.300 e. The van der Waals surface area contributed by atoms with Gasteiger partial charge in [-0.25, -0.2) is 8.78 Å². The van der Waals surface area contributed by atoms with E-state index in [0.29, 0.717) is 22.4 Å². The molecular formula is C28H25F2NO4. The number of hydrogen-bond donors (Lipinski definition) is 1. The number of nitrogens with zero attached hydrogens (tertiary/aromatic N) is 1. The number of methoxy groups -OCH3 is 1. The number of halogens is 2. The van der Waals surface area contributed by atoms with Crippen molar-refractivity contribution in [1.82, 2.24) is 0 Å². The van der Waals surface area contributed by atoms with Gasteiger partial charge < -0.3 is 9.84 Å². The summed E-state index contributed by atoms with van der Waals surface area (Å²) in [7, 11) is 1.56. The molecule has 1 amide bonds. The molecule has 3 aromatic rings. The second kappa shape index (κ2) is 9.33. The van der Waals surface area contributed by atoms with Crippen LogP contribution in [0, 0.1) is 18.6 Å². The number of carbonyl (C=O) groups excluding carboxylic acids is 2. The fourth-order valence-corrected chi connectivity index (χ4v) is 4.41. The van der Waals surface area contributed by atoms with E-state index in [9.17, 15) is 23.5 Å². The number of anilines is 1. The van der Waals surface area contributed by atoms with Gasteiger partial charge in [0.05, 0.1) is 18.7 Å². The number of aryl methyl sites for hydroxylation is 1. The Morgan fingerprint density at radius 1 is 1.00 bits per heavy atom. The maximum atomic E-state index is 14.1. The summed E-state index contributed by atoms with van der Waals surface area (Å²) in [6, 6.07) is 14.1. The molecule has 3 aromatic carbocycles. The van der Waals surface area contributed by atoms with Crippen LogP contribution in [0.5, 0.6) is 5.75 Å². The molecule has 5 nitrogen and oxygen atoms in total. The molecule has 0 aromatic heterocycles. The van der Waals surface area contributed by atoms with Crippen molar-refractivity contribution < 1.29 is 28.2 Å². The van der Waals surface area contributed by atoms with E-state index >= 15 is 0 Å². The molecule has 0 saturated carbocycles. The Labute approximate surface area is 202 Å². The third-order valence-corrected chi connectivity index (χ3v) is 6.19. The summed E-state index contributed by atoms with van der Waals surface area (Å²) in [4.78, 5) is 27.6. The summed E-state index contributed by atoms with van der Waals surface area (Å²) in [6.07, 6.45) is 0. The largest absolute Gasteiger partial charge is 0.507 e. The SMILES string of the molecule is COc1cc(C)c(/C(O)=C2\C(=O)C(=O)N(c3ccc(F)c(F)c3)C2c2ccccc2)cc1C(C)C. The van der Waals surface area contributed by atoms with Gasteiger partial charge in [0.2, 0.25) is 0 Å². The molecule has 0 bridgehead atoms. The lowest BCUT2D eigenvalue weighted by molar-refractivity contribution is -0.132. The zero-order chi connectivity index (χ0) is 25.4. The van der Waals surface area contributed by atoms with Crippen LogP contribution in [0.4, 0.5) is 14.5 Å². The highest BCUT2D eigenvalue weighted by Gasteiger charge is 2.47. The van der Waals surface area contributed by atoms with Crippen molar-refractivity contribution in [2.45, 2.75) is 32.7 Å². The first-order valence-corrected chi connectivity index (χ1v) is 11.2. The molecule has 35 heavy (non-hydrogen) atoms. The normalized spacial score (nSPS) is 17.3. The van der Waals surface area contributed by atoms with Gasteiger partial charge >= 0.3 is 0 Å². The summed E-state index contributed by atoms with van der Waals surface area (Å²) in [6.45, 7) is 5.72. The van der Waals surface area contributed by atoms with Gasteiger partial charge in [0.25, 0.3) is 11.7 Å². The Bertz CT molecular complexity index is 1350. The Morgan fingerprint density at radius 2 is 1.69 bits per heavy atom. The highest BCUT2D eigenvalue weighted by Crippen LogP contribution is 2.43. The first-order chi connectivity index (χ1) is 16.6. The number of aliphatic hydroxyl groups is 1. The minimum Gasteiger partial charge on any atom is -0.507 e. The van der Waals surface area contributed by atoms with Crippen molar-refractivity contribution in [2.75, 3.05) is 12.0 Å². The molecule has 0 radical (unpaired) electrons. The predicted molar refractivity (Wildman–Crippen MR) is 129 cm³/mol. The van der Waals surface area contributed by atoms with E-state index in [1.807, 2.05) is 13.8 Å². The molecule has 1 atom stereocenters. The number of aliphatic hydroxyl groups excluding tert-OH is 1. The van der Waals surface area contributed by atoms with Crippen molar-refractivity contribution in [3.8, 4) is 5.75 Å². The van der Waals surface area contributed by atoms with Gasteiger partial charge in [0.1, 0.15) is 11.5 Å². The number of rotatable bonds is 5. The van der Waals surface area contributed by atoms with Crippen LogP contribution in [-0.4, -0.2) is 23.9 Å². The fraction of sp³-hybridized carbons (Fsp3) is 0.214. The average molecular weight is 478 g/mol. The van der Waals surface area contributed by atoms with E-state index < -0.39 is 29.4 Å². The molecule has 1 N–H and O–H groups in total. The van der Waals surface area contributed by atoms with E-state index in [1.165, 1.54) is 6.07 Å². The Balaban J connectivity index is 1.98. The molecular weight excluding hydrogens is 452 g/mol. The molecule has 7 heteroatoms. The van der Waals surface area contributed by atoms with Crippen LogP contribution in [0.1, 0.15) is 48.1 Å². The van der Waals surface area contributed by atoms with Crippen LogP contribution in [-0.2, 0) is 9.59 Å². The summed E-state index contributed by atoms with van der Waals surface area (Å²) in [5.41, 5.74) is 2.27. The van der Waals surface area contributed by atoms with Crippen molar-refractivity contribution in [1.29, 1.82) is 0 Å². The Kier molecular flexibility index (Phi) is 6.43. The molecule has 1 saturated heterocycles. The maximum absolute atomic E-state index is 14.1. The van der Waals surface area contributed by atoms with Crippen LogP contribution in [0.25, 0.3) is 5.76 Å². The van der Waals surface area contributed by atoms with Crippen molar-refractivity contribution in [2.24, 2.45) is 0 Å². The summed E-state index contributed by atoms with van der Waals surface area (Å²) >= 11 is 0. The third kappa shape index (κ3) is 4.18. The monoisotopic (exact) mass is 477 g/mol. The fourth-order valence-electron chi connectivity index (χ4n) is 4.41. The predicted octanol–water partition coefficient (Wildman–Crippen LogP) is 6.03. The smallest absolute Gasteiger partial charge is 0.300 e. The van der Waals surface area contributed by atoms with E-state index in [1.54, 1.807) is 56.5 Å². The Hall–Kier alpha value is -4.00. The van der Waals surface area contributed by atoms with Gasteiger partial charge in [-0.15, -0.1) is 0 Å².